The van der Waals surface area contributed by atoms with Crippen molar-refractivity contribution in [1.29, 1.82) is 0 Å². The first-order valence-electron chi connectivity index (χ1n) is 6.50. The first kappa shape index (κ1) is 8.37. The zero-order valence-electron chi connectivity index (χ0n) is 9.03. The summed E-state index contributed by atoms with van der Waals surface area (Å²) in [5.74, 6) is 5.99. The molecule has 5 saturated carbocycles. The molecule has 9 atom stereocenters. The van der Waals surface area contributed by atoms with Gasteiger partial charge in [-0.05, 0) is 65.7 Å². The van der Waals surface area contributed by atoms with Crippen LogP contribution in [-0.4, -0.2) is 17.3 Å². The van der Waals surface area contributed by atoms with Gasteiger partial charge in [-0.2, -0.15) is 0 Å². The minimum Gasteiger partial charge on any atom is -0.389 e. The normalized spacial score (nSPS) is 70.8. The fraction of sp³-hybridized carbons (Fsp3) is 1.00. The van der Waals surface area contributed by atoms with Crippen molar-refractivity contribution in [3.8, 4) is 0 Å². The summed E-state index contributed by atoms with van der Waals surface area (Å²) in [6, 6.07) is 0. The van der Waals surface area contributed by atoms with Gasteiger partial charge in [-0.1, -0.05) is 5.11 Å². The predicted molar refractivity (Wildman–Crippen MR) is 56.1 cm³/mol. The second kappa shape index (κ2) is 2.14. The Balaban J connectivity index is 1.67. The van der Waals surface area contributed by atoms with E-state index in [0.717, 1.165) is 35.5 Å². The molecule has 4 heteroatoms. The van der Waals surface area contributed by atoms with Crippen molar-refractivity contribution < 1.29 is 5.11 Å². The van der Waals surface area contributed by atoms with Gasteiger partial charge in [0.15, 0.2) is 0 Å². The van der Waals surface area contributed by atoms with E-state index in [1.54, 1.807) is 0 Å². The Morgan fingerprint density at radius 2 is 1.88 bits per heavy atom. The van der Waals surface area contributed by atoms with Gasteiger partial charge >= 0.3 is 0 Å². The van der Waals surface area contributed by atoms with E-state index in [1.807, 2.05) is 0 Å². The van der Waals surface area contributed by atoms with Crippen LogP contribution in [0.15, 0.2) is 5.11 Å². The van der Waals surface area contributed by atoms with Crippen molar-refractivity contribution in [3.63, 3.8) is 0 Å². The number of aliphatic hydroxyl groups is 1. The van der Waals surface area contributed by atoms with Crippen LogP contribution < -0.4 is 0 Å². The Bertz CT molecular complexity index is 440. The summed E-state index contributed by atoms with van der Waals surface area (Å²) < 4.78 is 0. The van der Waals surface area contributed by atoms with E-state index in [9.17, 15) is 5.11 Å². The fourth-order valence-electron chi connectivity index (χ4n) is 7.08. The molecule has 5 aliphatic rings. The molecule has 2 bridgehead atoms. The molecule has 84 valence electrons. The van der Waals surface area contributed by atoms with E-state index >= 15 is 0 Å². The van der Waals surface area contributed by atoms with Crippen LogP contribution in [0.1, 0.15) is 12.8 Å². The molecule has 0 aromatic heterocycles. The van der Waals surface area contributed by atoms with E-state index in [4.69, 9.17) is 5.53 Å². The highest BCUT2D eigenvalue weighted by Crippen LogP contribution is 2.85. The van der Waals surface area contributed by atoms with Gasteiger partial charge in [0.05, 0.1) is 12.1 Å². The summed E-state index contributed by atoms with van der Waals surface area (Å²) >= 11 is 0. The summed E-state index contributed by atoms with van der Waals surface area (Å²) in [6.07, 6.45) is 2.74. The Kier molecular flexibility index (Phi) is 1.12. The molecule has 4 nitrogen and oxygen atoms in total. The molecule has 16 heavy (non-hydrogen) atoms. The van der Waals surface area contributed by atoms with Crippen LogP contribution >= 0.6 is 0 Å². The Morgan fingerprint density at radius 3 is 2.69 bits per heavy atom. The lowest BCUT2D eigenvalue weighted by molar-refractivity contribution is -0.123. The molecule has 5 aliphatic carbocycles. The Labute approximate surface area is 93.7 Å². The maximum atomic E-state index is 10.9. The predicted octanol–water partition coefficient (Wildman–Crippen LogP) is 1.81. The van der Waals surface area contributed by atoms with Gasteiger partial charge < -0.3 is 5.11 Å². The highest BCUT2D eigenvalue weighted by Gasteiger charge is 2.84. The molecule has 5 fully saturated rings. The highest BCUT2D eigenvalue weighted by molar-refractivity contribution is 5.32. The van der Waals surface area contributed by atoms with E-state index in [2.05, 4.69) is 10.0 Å². The third-order valence-electron chi connectivity index (χ3n) is 6.91. The van der Waals surface area contributed by atoms with E-state index in [-0.39, 0.29) is 0 Å². The van der Waals surface area contributed by atoms with E-state index in [0.29, 0.717) is 18.4 Å². The van der Waals surface area contributed by atoms with Crippen LogP contribution in [-0.2, 0) is 0 Å². The number of azide groups is 1. The summed E-state index contributed by atoms with van der Waals surface area (Å²) in [7, 11) is 0. The third kappa shape index (κ3) is 0.550. The molecule has 1 N–H and O–H groups in total. The molecule has 0 heterocycles. The van der Waals surface area contributed by atoms with Crippen LogP contribution in [0.3, 0.4) is 0 Å². The lowest BCUT2D eigenvalue weighted by Crippen LogP contribution is -2.55. The molecule has 5 rings (SSSR count). The standard InChI is InChI=1S/C12H15N3O/c13-15-14-3-12(16)10-5-2-6-8-4(5)1-7(10)9(8)11(6)12/h4-11,16H,1-3H2/t4-,5+,6+,7-,8-,9+,10+,11-,12-/m0/s1. The molecule has 0 aromatic carbocycles. The summed E-state index contributed by atoms with van der Waals surface area (Å²) in [4.78, 5) is 2.85. The highest BCUT2D eigenvalue weighted by atomic mass is 16.3. The topological polar surface area (TPSA) is 69.0 Å². The van der Waals surface area contributed by atoms with Gasteiger partial charge in [0.2, 0.25) is 0 Å². The third-order valence-corrected chi connectivity index (χ3v) is 6.91. The van der Waals surface area contributed by atoms with E-state index in [1.165, 1.54) is 12.8 Å². The van der Waals surface area contributed by atoms with Crippen molar-refractivity contribution in [1.82, 2.24) is 0 Å². The van der Waals surface area contributed by atoms with Crippen LogP contribution in [0, 0.1) is 47.3 Å². The zero-order chi connectivity index (χ0) is 10.7. The lowest BCUT2D eigenvalue weighted by atomic mass is 9.56. The molecule has 0 saturated heterocycles. The van der Waals surface area contributed by atoms with Gasteiger partial charge in [0, 0.05) is 4.91 Å². The molecule has 0 aromatic rings. The van der Waals surface area contributed by atoms with Crippen molar-refractivity contribution in [3.05, 3.63) is 10.4 Å². The maximum absolute atomic E-state index is 10.9. The van der Waals surface area contributed by atoms with Crippen LogP contribution in [0.4, 0.5) is 0 Å². The average molecular weight is 217 g/mol. The van der Waals surface area contributed by atoms with Gasteiger partial charge in [-0.3, -0.25) is 0 Å². The second-order valence-corrected chi connectivity index (χ2v) is 6.71. The first-order chi connectivity index (χ1) is 7.77. The van der Waals surface area contributed by atoms with Crippen LogP contribution in [0.25, 0.3) is 10.4 Å². The summed E-state index contributed by atoms with van der Waals surface area (Å²) in [5.41, 5.74) is 7.87. The van der Waals surface area contributed by atoms with Crippen LogP contribution in [0.2, 0.25) is 0 Å². The van der Waals surface area contributed by atoms with Gasteiger partial charge in [0.25, 0.3) is 0 Å². The number of hydrogen-bond acceptors (Lipinski definition) is 2. The zero-order valence-corrected chi connectivity index (χ0v) is 9.03. The lowest BCUT2D eigenvalue weighted by Gasteiger charge is -2.51. The van der Waals surface area contributed by atoms with Crippen LogP contribution in [0.5, 0.6) is 0 Å². The SMILES string of the molecule is [N-]=[N+]=NC[C@]1(O)[C@@H]2[C@@H]3C[C@@H]4[C@@H]5[C@H]3C[C@H]2[C@H]5[C@H]41. The van der Waals surface area contributed by atoms with Crippen molar-refractivity contribution in [2.24, 2.45) is 52.5 Å². The number of hydrogen-bond donors (Lipinski definition) is 1. The molecule has 0 aliphatic heterocycles. The largest absolute Gasteiger partial charge is 0.389 e. The van der Waals surface area contributed by atoms with Gasteiger partial charge in [0.1, 0.15) is 0 Å². The molecule has 0 amide bonds. The molecular formula is C12H15N3O. The Morgan fingerprint density at radius 1 is 1.12 bits per heavy atom. The fourth-order valence-corrected chi connectivity index (χ4v) is 7.08. The van der Waals surface area contributed by atoms with Crippen molar-refractivity contribution in [2.45, 2.75) is 18.4 Å². The molecule has 0 radical (unpaired) electrons. The minimum atomic E-state index is -0.614. The molecule has 0 spiro atoms. The average Bonchev–Trinajstić information content (AvgIpc) is 2.73. The summed E-state index contributed by atoms with van der Waals surface area (Å²) in [5, 5.41) is 14.6. The Hall–Kier alpha value is -0.730. The second-order valence-electron chi connectivity index (χ2n) is 6.71. The molecule has 0 unspecified atom stereocenters. The number of rotatable bonds is 2. The van der Waals surface area contributed by atoms with Gasteiger partial charge in [-0.25, -0.2) is 0 Å². The molecular weight excluding hydrogens is 202 g/mol. The maximum Gasteiger partial charge on any atom is 0.0771 e. The summed E-state index contributed by atoms with van der Waals surface area (Å²) in [6.45, 7) is 0.332. The smallest absolute Gasteiger partial charge is 0.0771 e. The number of fused-ring (bicyclic) bond motifs is 2. The monoisotopic (exact) mass is 217 g/mol. The number of nitrogens with zero attached hydrogens (tertiary/aromatic N) is 3. The van der Waals surface area contributed by atoms with Crippen molar-refractivity contribution >= 4 is 0 Å². The first-order valence-corrected chi connectivity index (χ1v) is 6.50. The quantitative estimate of drug-likeness (QED) is 0.427. The van der Waals surface area contributed by atoms with E-state index < -0.39 is 5.60 Å². The minimum absolute atomic E-state index is 0.332. The van der Waals surface area contributed by atoms with Crippen molar-refractivity contribution in [2.75, 3.05) is 6.54 Å². The van der Waals surface area contributed by atoms with Gasteiger partial charge in [-0.15, -0.1) is 0 Å².